The first-order valence-electron chi connectivity index (χ1n) is 9.84. The van der Waals surface area contributed by atoms with Crippen molar-refractivity contribution in [3.8, 4) is 0 Å². The Hall–Kier alpha value is -3.08. The zero-order valence-electron chi connectivity index (χ0n) is 16.5. The molecule has 2 heterocycles. The van der Waals surface area contributed by atoms with E-state index in [1.807, 2.05) is 31.2 Å². The fourth-order valence-corrected chi connectivity index (χ4v) is 3.85. The van der Waals surface area contributed by atoms with Crippen LogP contribution in [-0.2, 0) is 9.53 Å². The highest BCUT2D eigenvalue weighted by molar-refractivity contribution is 5.94. The quantitative estimate of drug-likeness (QED) is 0.639. The number of hydrogen-bond donors (Lipinski definition) is 1. The van der Waals surface area contributed by atoms with E-state index in [0.717, 1.165) is 41.1 Å². The molecule has 0 saturated carbocycles. The van der Waals surface area contributed by atoms with Crippen molar-refractivity contribution in [2.75, 3.05) is 11.9 Å². The third kappa shape index (κ3) is 3.07. The molecule has 5 nitrogen and oxygen atoms in total. The number of carbonyl (C=O) groups is 1. The van der Waals surface area contributed by atoms with Gasteiger partial charge in [0.05, 0.1) is 29.3 Å². The minimum Gasteiger partial charge on any atom is -0.463 e. The van der Waals surface area contributed by atoms with Crippen LogP contribution in [0.2, 0.25) is 0 Å². The van der Waals surface area contributed by atoms with Crippen LogP contribution >= 0.6 is 0 Å². The molecule has 1 unspecified atom stereocenters. The lowest BCUT2D eigenvalue weighted by molar-refractivity contribution is -0.139. The Labute approximate surface area is 165 Å². The molecule has 1 N–H and O–H groups in total. The van der Waals surface area contributed by atoms with Gasteiger partial charge in [-0.1, -0.05) is 55.3 Å². The van der Waals surface area contributed by atoms with Crippen LogP contribution in [0.1, 0.15) is 43.9 Å². The molecule has 0 amide bonds. The van der Waals surface area contributed by atoms with E-state index in [1.54, 1.807) is 0 Å². The summed E-state index contributed by atoms with van der Waals surface area (Å²) in [6.45, 7) is 6.36. The summed E-state index contributed by atoms with van der Waals surface area (Å²) < 4.78 is 7.58. The fraction of sp³-hybridized carbons (Fsp3) is 0.304. The van der Waals surface area contributed by atoms with Crippen LogP contribution in [0, 0.1) is 6.92 Å². The zero-order valence-corrected chi connectivity index (χ0v) is 16.5. The van der Waals surface area contributed by atoms with Crippen LogP contribution in [0.15, 0.2) is 59.8 Å². The first-order chi connectivity index (χ1) is 13.6. The number of fused-ring (bicyclic) bond motifs is 3. The minimum atomic E-state index is -0.273. The molecule has 4 rings (SSSR count). The number of aromatic nitrogens is 2. The summed E-state index contributed by atoms with van der Waals surface area (Å²) in [6.07, 6.45) is 1.69. The molecule has 1 aromatic heterocycles. The first-order valence-corrected chi connectivity index (χ1v) is 9.84. The van der Waals surface area contributed by atoms with Crippen LogP contribution in [0.3, 0.4) is 0 Å². The number of allylic oxidation sites excluding steroid dienone is 1. The number of nitrogens with zero attached hydrogens (tertiary/aromatic N) is 2. The Kier molecular flexibility index (Phi) is 4.90. The third-order valence-corrected chi connectivity index (χ3v) is 5.10. The van der Waals surface area contributed by atoms with Gasteiger partial charge in [0.2, 0.25) is 5.95 Å². The molecule has 0 bridgehead atoms. The maximum Gasteiger partial charge on any atom is 0.338 e. The van der Waals surface area contributed by atoms with Crippen LogP contribution in [0.25, 0.3) is 11.0 Å². The maximum atomic E-state index is 13.0. The van der Waals surface area contributed by atoms with E-state index in [-0.39, 0.29) is 12.0 Å². The second-order valence-corrected chi connectivity index (χ2v) is 7.10. The molecular weight excluding hydrogens is 350 g/mol. The van der Waals surface area contributed by atoms with Gasteiger partial charge in [-0.05, 0) is 38.0 Å². The lowest BCUT2D eigenvalue weighted by Gasteiger charge is -2.31. The summed E-state index contributed by atoms with van der Waals surface area (Å²) in [4.78, 5) is 17.8. The zero-order chi connectivity index (χ0) is 19.7. The predicted molar refractivity (Wildman–Crippen MR) is 111 cm³/mol. The molecule has 0 saturated heterocycles. The maximum absolute atomic E-state index is 13.0. The molecular formula is C23H25N3O2. The summed E-state index contributed by atoms with van der Waals surface area (Å²) in [7, 11) is 0. The van der Waals surface area contributed by atoms with Crippen molar-refractivity contribution in [1.82, 2.24) is 9.55 Å². The van der Waals surface area contributed by atoms with Gasteiger partial charge in [-0.25, -0.2) is 9.78 Å². The Balaban J connectivity index is 1.98. The van der Waals surface area contributed by atoms with Gasteiger partial charge in [0.25, 0.3) is 0 Å². The molecule has 0 aliphatic carbocycles. The van der Waals surface area contributed by atoms with E-state index in [9.17, 15) is 4.79 Å². The molecule has 1 aliphatic rings. The van der Waals surface area contributed by atoms with E-state index >= 15 is 0 Å². The molecule has 3 aromatic rings. The summed E-state index contributed by atoms with van der Waals surface area (Å²) in [5.74, 6) is 0.496. The molecule has 28 heavy (non-hydrogen) atoms. The van der Waals surface area contributed by atoms with Crippen molar-refractivity contribution in [3.63, 3.8) is 0 Å². The largest absolute Gasteiger partial charge is 0.463 e. The van der Waals surface area contributed by atoms with Gasteiger partial charge >= 0.3 is 5.97 Å². The number of carbonyl (C=O) groups excluding carboxylic acids is 1. The van der Waals surface area contributed by atoms with Gasteiger partial charge in [-0.3, -0.25) is 4.57 Å². The van der Waals surface area contributed by atoms with Crippen molar-refractivity contribution >= 4 is 23.0 Å². The predicted octanol–water partition coefficient (Wildman–Crippen LogP) is 4.98. The number of ether oxygens (including phenoxy) is 1. The SMILES string of the molecule is CCCC1=C(C(=O)OCC)C(c2ccc(C)cc2)n2c(nc3ccccc32)N1. The number of para-hydroxylation sites is 2. The standard InChI is InChI=1S/C23H25N3O2/c1-4-8-18-20(22(27)28-5-2)21(16-13-11-15(3)12-14-16)26-19-10-7-6-9-17(19)24-23(26)25-18/h6-7,9-14,21H,4-5,8H2,1-3H3,(H,24,25). The van der Waals surface area contributed by atoms with E-state index in [0.29, 0.717) is 12.2 Å². The van der Waals surface area contributed by atoms with Gasteiger partial charge in [-0.15, -0.1) is 0 Å². The number of hydrogen-bond acceptors (Lipinski definition) is 4. The monoisotopic (exact) mass is 375 g/mol. The van der Waals surface area contributed by atoms with E-state index < -0.39 is 0 Å². The number of aryl methyl sites for hydroxylation is 1. The Morgan fingerprint density at radius 1 is 1.14 bits per heavy atom. The second-order valence-electron chi connectivity index (χ2n) is 7.10. The number of rotatable bonds is 5. The summed E-state index contributed by atoms with van der Waals surface area (Å²) in [5, 5.41) is 3.42. The van der Waals surface area contributed by atoms with Gasteiger partial charge in [0.1, 0.15) is 0 Å². The van der Waals surface area contributed by atoms with Crippen LogP contribution in [0.5, 0.6) is 0 Å². The van der Waals surface area contributed by atoms with Gasteiger partial charge < -0.3 is 10.1 Å². The van der Waals surface area contributed by atoms with Crippen LogP contribution in [-0.4, -0.2) is 22.1 Å². The lowest BCUT2D eigenvalue weighted by Crippen LogP contribution is -2.29. The molecule has 0 spiro atoms. The fourth-order valence-electron chi connectivity index (χ4n) is 3.85. The number of benzene rings is 2. The normalized spacial score (nSPS) is 16.0. The van der Waals surface area contributed by atoms with Crippen molar-refractivity contribution < 1.29 is 9.53 Å². The highest BCUT2D eigenvalue weighted by atomic mass is 16.5. The van der Waals surface area contributed by atoms with Crippen molar-refractivity contribution in [2.24, 2.45) is 0 Å². The van der Waals surface area contributed by atoms with E-state index in [1.165, 1.54) is 5.56 Å². The number of anilines is 1. The second kappa shape index (κ2) is 7.50. The minimum absolute atomic E-state index is 0.271. The van der Waals surface area contributed by atoms with Crippen molar-refractivity contribution in [2.45, 2.75) is 39.7 Å². The van der Waals surface area contributed by atoms with Crippen molar-refractivity contribution in [1.29, 1.82) is 0 Å². The number of esters is 1. The molecule has 5 heteroatoms. The summed E-state index contributed by atoms with van der Waals surface area (Å²) in [5.41, 5.74) is 5.70. The number of nitrogens with one attached hydrogen (secondary N) is 1. The van der Waals surface area contributed by atoms with Crippen LogP contribution < -0.4 is 5.32 Å². The Morgan fingerprint density at radius 2 is 1.89 bits per heavy atom. The third-order valence-electron chi connectivity index (χ3n) is 5.10. The van der Waals surface area contributed by atoms with Gasteiger partial charge in [0.15, 0.2) is 0 Å². The summed E-state index contributed by atoms with van der Waals surface area (Å²) >= 11 is 0. The van der Waals surface area contributed by atoms with Crippen molar-refractivity contribution in [3.05, 3.63) is 70.9 Å². The lowest BCUT2D eigenvalue weighted by atomic mass is 9.93. The van der Waals surface area contributed by atoms with E-state index in [4.69, 9.17) is 9.72 Å². The summed E-state index contributed by atoms with van der Waals surface area (Å²) in [6, 6.07) is 16.1. The molecule has 1 atom stereocenters. The van der Waals surface area contributed by atoms with E-state index in [2.05, 4.69) is 48.0 Å². The Morgan fingerprint density at radius 3 is 2.61 bits per heavy atom. The average Bonchev–Trinajstić information content (AvgIpc) is 3.06. The number of imidazole rings is 1. The van der Waals surface area contributed by atoms with Crippen LogP contribution in [0.4, 0.5) is 5.95 Å². The highest BCUT2D eigenvalue weighted by Gasteiger charge is 2.35. The molecule has 2 aromatic carbocycles. The molecule has 0 fully saturated rings. The molecule has 0 radical (unpaired) electrons. The molecule has 144 valence electrons. The molecule has 1 aliphatic heterocycles. The van der Waals surface area contributed by atoms with Gasteiger partial charge in [-0.2, -0.15) is 0 Å². The smallest absolute Gasteiger partial charge is 0.338 e. The first kappa shape index (κ1) is 18.3. The Bertz CT molecular complexity index is 1050. The average molecular weight is 375 g/mol. The van der Waals surface area contributed by atoms with Gasteiger partial charge in [0, 0.05) is 5.70 Å². The topological polar surface area (TPSA) is 56.2 Å². The highest BCUT2D eigenvalue weighted by Crippen LogP contribution is 2.40.